The Balaban J connectivity index is 2.22. The molecule has 1 fully saturated rings. The van der Waals surface area contributed by atoms with Gasteiger partial charge in [-0.1, -0.05) is 20.8 Å². The van der Waals surface area contributed by atoms with E-state index in [9.17, 15) is 0 Å². The summed E-state index contributed by atoms with van der Waals surface area (Å²) in [4.78, 5) is 0. The van der Waals surface area contributed by atoms with Crippen molar-refractivity contribution in [3.05, 3.63) is 17.0 Å². The third-order valence-corrected chi connectivity index (χ3v) is 5.13. The molecule has 2 rings (SSSR count). The largest absolute Gasteiger partial charge is 0.313 e. The molecule has 0 bridgehead atoms. The van der Waals surface area contributed by atoms with Crippen LogP contribution in [0.4, 0.5) is 0 Å². The fraction of sp³-hybridized carbons (Fsp3) is 0.824. The van der Waals surface area contributed by atoms with Crippen LogP contribution in [0, 0.1) is 19.3 Å². The first-order valence-electron chi connectivity index (χ1n) is 8.09. The molecule has 2 atom stereocenters. The summed E-state index contributed by atoms with van der Waals surface area (Å²) >= 11 is 0. The summed E-state index contributed by atoms with van der Waals surface area (Å²) in [5.74, 6) is 0.643. The predicted octanol–water partition coefficient (Wildman–Crippen LogP) is 3.96. The van der Waals surface area contributed by atoms with E-state index in [4.69, 9.17) is 5.10 Å². The Hall–Kier alpha value is -0.830. The Morgan fingerprint density at radius 1 is 1.35 bits per heavy atom. The van der Waals surface area contributed by atoms with Gasteiger partial charge in [-0.05, 0) is 64.0 Å². The van der Waals surface area contributed by atoms with Gasteiger partial charge in [-0.2, -0.15) is 5.10 Å². The number of rotatable bonds is 5. The van der Waals surface area contributed by atoms with Gasteiger partial charge in [-0.3, -0.25) is 4.68 Å². The van der Waals surface area contributed by atoms with Gasteiger partial charge in [0.15, 0.2) is 0 Å². The number of aryl methyl sites for hydroxylation is 1. The first-order valence-corrected chi connectivity index (χ1v) is 8.09. The van der Waals surface area contributed by atoms with Crippen molar-refractivity contribution in [2.45, 2.75) is 79.3 Å². The lowest BCUT2D eigenvalue weighted by Crippen LogP contribution is -2.55. The van der Waals surface area contributed by atoms with Gasteiger partial charge in [-0.25, -0.2) is 0 Å². The Labute approximate surface area is 124 Å². The van der Waals surface area contributed by atoms with Gasteiger partial charge in [0, 0.05) is 17.8 Å². The van der Waals surface area contributed by atoms with Crippen LogP contribution in [0.25, 0.3) is 0 Å². The normalized spacial score (nSPS) is 25.0. The Morgan fingerprint density at radius 3 is 2.45 bits per heavy atom. The van der Waals surface area contributed by atoms with Gasteiger partial charge >= 0.3 is 0 Å². The van der Waals surface area contributed by atoms with E-state index in [0.717, 1.165) is 6.54 Å². The van der Waals surface area contributed by atoms with Crippen LogP contribution in [0.1, 0.15) is 76.4 Å². The van der Waals surface area contributed by atoms with E-state index < -0.39 is 0 Å². The number of aromatic nitrogens is 2. The molecule has 2 unspecified atom stereocenters. The topological polar surface area (TPSA) is 29.9 Å². The number of hydrogen-bond acceptors (Lipinski definition) is 2. The minimum Gasteiger partial charge on any atom is -0.313 e. The van der Waals surface area contributed by atoms with E-state index in [-0.39, 0.29) is 0 Å². The van der Waals surface area contributed by atoms with Crippen LogP contribution in [0.15, 0.2) is 0 Å². The van der Waals surface area contributed by atoms with Crippen LogP contribution in [0.3, 0.4) is 0 Å². The monoisotopic (exact) mass is 277 g/mol. The molecule has 0 aliphatic heterocycles. The summed E-state index contributed by atoms with van der Waals surface area (Å²) in [5.41, 5.74) is 4.42. The molecule has 0 spiro atoms. The zero-order valence-electron chi connectivity index (χ0n) is 14.2. The van der Waals surface area contributed by atoms with Crippen molar-refractivity contribution in [2.24, 2.45) is 5.41 Å². The zero-order chi connectivity index (χ0) is 15.1. The van der Waals surface area contributed by atoms with Gasteiger partial charge in [0.05, 0.1) is 5.69 Å². The molecule has 0 saturated heterocycles. The molecule has 1 aromatic rings. The molecular weight excluding hydrogens is 246 g/mol. The first kappa shape index (κ1) is 15.6. The highest BCUT2D eigenvalue weighted by molar-refractivity contribution is 5.34. The highest BCUT2D eigenvalue weighted by Gasteiger charge is 2.49. The summed E-state index contributed by atoms with van der Waals surface area (Å²) in [6, 6.07) is 1.09. The van der Waals surface area contributed by atoms with Crippen molar-refractivity contribution in [1.82, 2.24) is 15.1 Å². The molecular formula is C17H31N3. The maximum atomic E-state index is 4.76. The average molecular weight is 277 g/mol. The molecule has 1 heterocycles. The molecule has 1 N–H and O–H groups in total. The van der Waals surface area contributed by atoms with Crippen molar-refractivity contribution in [3.8, 4) is 0 Å². The Morgan fingerprint density at radius 2 is 2.00 bits per heavy atom. The van der Waals surface area contributed by atoms with Crippen LogP contribution in [-0.4, -0.2) is 22.4 Å². The third-order valence-electron chi connectivity index (χ3n) is 5.13. The highest BCUT2D eigenvalue weighted by Crippen LogP contribution is 2.54. The van der Waals surface area contributed by atoms with Gasteiger partial charge in [0.2, 0.25) is 0 Å². The average Bonchev–Trinajstić information content (AvgIpc) is 2.65. The van der Waals surface area contributed by atoms with Crippen LogP contribution in [-0.2, 0) is 0 Å². The fourth-order valence-corrected chi connectivity index (χ4v) is 3.76. The molecule has 1 aliphatic rings. The lowest BCUT2D eigenvalue weighted by atomic mass is 9.56. The fourth-order valence-electron chi connectivity index (χ4n) is 3.76. The molecule has 0 radical (unpaired) electrons. The summed E-state index contributed by atoms with van der Waals surface area (Å²) in [6.07, 6.45) is 2.46. The lowest BCUT2D eigenvalue weighted by Gasteiger charge is -2.53. The molecule has 0 amide bonds. The van der Waals surface area contributed by atoms with Crippen LogP contribution in [0.2, 0.25) is 0 Å². The maximum absolute atomic E-state index is 4.76. The molecule has 3 nitrogen and oxygen atoms in total. The number of nitrogens with one attached hydrogen (secondary N) is 1. The van der Waals surface area contributed by atoms with Gasteiger partial charge in [0.25, 0.3) is 0 Å². The SMILES string of the molecule is CCCNC1CC(c2c(C)nn(C(C)C)c2C)C1(C)C. The van der Waals surface area contributed by atoms with Crippen molar-refractivity contribution >= 4 is 0 Å². The van der Waals surface area contributed by atoms with Crippen LogP contribution >= 0.6 is 0 Å². The smallest absolute Gasteiger partial charge is 0.0631 e. The van der Waals surface area contributed by atoms with Gasteiger partial charge in [0.1, 0.15) is 0 Å². The minimum absolute atomic E-state index is 0.329. The summed E-state index contributed by atoms with van der Waals surface area (Å²) in [6.45, 7) is 17.0. The van der Waals surface area contributed by atoms with Gasteiger partial charge < -0.3 is 5.32 Å². The standard InChI is InChI=1S/C17H31N3/c1-8-9-18-15-10-14(17(15,6)7)16-12(4)19-20(11(2)3)13(16)5/h11,14-15,18H,8-10H2,1-7H3. The number of hydrogen-bond donors (Lipinski definition) is 1. The number of nitrogens with zero attached hydrogens (tertiary/aromatic N) is 2. The summed E-state index contributed by atoms with van der Waals surface area (Å²) < 4.78 is 2.19. The third kappa shape index (κ3) is 2.41. The van der Waals surface area contributed by atoms with Crippen LogP contribution in [0.5, 0.6) is 0 Å². The molecule has 114 valence electrons. The molecule has 1 aliphatic carbocycles. The van der Waals surface area contributed by atoms with Gasteiger partial charge in [-0.15, -0.1) is 0 Å². The maximum Gasteiger partial charge on any atom is 0.0631 e. The van der Waals surface area contributed by atoms with E-state index in [2.05, 4.69) is 58.5 Å². The summed E-state index contributed by atoms with van der Waals surface area (Å²) in [5, 5.41) is 8.46. The van der Waals surface area contributed by atoms with E-state index in [1.165, 1.54) is 29.8 Å². The van der Waals surface area contributed by atoms with Crippen LogP contribution < -0.4 is 5.32 Å². The second-order valence-corrected chi connectivity index (χ2v) is 7.24. The first-order chi connectivity index (χ1) is 9.30. The summed E-state index contributed by atoms with van der Waals surface area (Å²) in [7, 11) is 0. The predicted molar refractivity (Wildman–Crippen MR) is 85.3 cm³/mol. The van der Waals surface area contributed by atoms with E-state index in [1.807, 2.05) is 0 Å². The lowest BCUT2D eigenvalue weighted by molar-refractivity contribution is 0.0686. The molecule has 1 aromatic heterocycles. The van der Waals surface area contributed by atoms with E-state index in [0.29, 0.717) is 23.4 Å². The Kier molecular flexibility index (Phi) is 4.29. The van der Waals surface area contributed by atoms with E-state index >= 15 is 0 Å². The van der Waals surface area contributed by atoms with E-state index in [1.54, 1.807) is 0 Å². The zero-order valence-corrected chi connectivity index (χ0v) is 14.2. The quantitative estimate of drug-likeness (QED) is 0.883. The minimum atomic E-state index is 0.329. The molecule has 0 aromatic carbocycles. The molecule has 3 heteroatoms. The molecule has 1 saturated carbocycles. The Bertz CT molecular complexity index is 471. The van der Waals surface area contributed by atoms with Crippen molar-refractivity contribution in [3.63, 3.8) is 0 Å². The molecule has 20 heavy (non-hydrogen) atoms. The highest BCUT2D eigenvalue weighted by atomic mass is 15.3. The van der Waals surface area contributed by atoms with Crippen molar-refractivity contribution in [1.29, 1.82) is 0 Å². The van der Waals surface area contributed by atoms with Crippen molar-refractivity contribution < 1.29 is 0 Å². The second-order valence-electron chi connectivity index (χ2n) is 7.24. The van der Waals surface area contributed by atoms with Crippen molar-refractivity contribution in [2.75, 3.05) is 6.54 Å². The second kappa shape index (κ2) is 5.51.